The SMILES string of the molecule is CNC(=O)c1ccc(NC(=O)CC2CCCN2)cc1Cl.Cl. The van der Waals surface area contributed by atoms with Crippen molar-refractivity contribution in [2.75, 3.05) is 18.9 Å². The van der Waals surface area contributed by atoms with Crippen molar-refractivity contribution < 1.29 is 9.59 Å². The number of halogens is 2. The van der Waals surface area contributed by atoms with E-state index in [2.05, 4.69) is 16.0 Å². The zero-order chi connectivity index (χ0) is 14.5. The van der Waals surface area contributed by atoms with E-state index >= 15 is 0 Å². The first-order chi connectivity index (χ1) is 9.60. The maximum atomic E-state index is 11.9. The van der Waals surface area contributed by atoms with Crippen LogP contribution in [0.4, 0.5) is 5.69 Å². The van der Waals surface area contributed by atoms with Crippen LogP contribution in [-0.4, -0.2) is 31.4 Å². The van der Waals surface area contributed by atoms with Gasteiger partial charge >= 0.3 is 0 Å². The largest absolute Gasteiger partial charge is 0.355 e. The summed E-state index contributed by atoms with van der Waals surface area (Å²) < 4.78 is 0. The van der Waals surface area contributed by atoms with E-state index in [4.69, 9.17) is 11.6 Å². The first kappa shape index (κ1) is 17.8. The number of benzene rings is 1. The molecule has 2 amide bonds. The molecule has 3 N–H and O–H groups in total. The molecule has 1 aliphatic heterocycles. The summed E-state index contributed by atoms with van der Waals surface area (Å²) in [6.45, 7) is 0.977. The molecule has 2 rings (SSSR count). The molecule has 1 aliphatic rings. The number of amides is 2. The fraction of sp³-hybridized carbons (Fsp3) is 0.429. The zero-order valence-corrected chi connectivity index (χ0v) is 13.3. The predicted molar refractivity (Wildman–Crippen MR) is 86.4 cm³/mol. The molecule has 1 aromatic carbocycles. The summed E-state index contributed by atoms with van der Waals surface area (Å²) in [5.74, 6) is -0.295. The first-order valence-corrected chi connectivity index (χ1v) is 7.03. The number of hydrogen-bond donors (Lipinski definition) is 3. The highest BCUT2D eigenvalue weighted by molar-refractivity contribution is 6.34. The summed E-state index contributed by atoms with van der Waals surface area (Å²) in [7, 11) is 1.54. The third kappa shape index (κ3) is 4.88. The van der Waals surface area contributed by atoms with E-state index in [-0.39, 0.29) is 30.3 Å². The lowest BCUT2D eigenvalue weighted by atomic mass is 10.1. The van der Waals surface area contributed by atoms with Crippen LogP contribution in [0.25, 0.3) is 0 Å². The molecule has 1 saturated heterocycles. The Morgan fingerprint density at radius 1 is 1.43 bits per heavy atom. The zero-order valence-electron chi connectivity index (χ0n) is 11.7. The number of nitrogens with one attached hydrogen (secondary N) is 3. The van der Waals surface area contributed by atoms with Crippen molar-refractivity contribution in [3.8, 4) is 0 Å². The normalized spacial score (nSPS) is 17.0. The van der Waals surface area contributed by atoms with E-state index in [1.54, 1.807) is 25.2 Å². The van der Waals surface area contributed by atoms with Crippen molar-refractivity contribution in [3.63, 3.8) is 0 Å². The molecule has 1 atom stereocenters. The van der Waals surface area contributed by atoms with Gasteiger partial charge in [0.1, 0.15) is 0 Å². The van der Waals surface area contributed by atoms with Gasteiger partial charge in [-0.15, -0.1) is 12.4 Å². The Kier molecular flexibility index (Phi) is 6.95. The standard InChI is InChI=1S/C14H18ClN3O2.ClH/c1-16-14(20)11-5-4-10(7-12(11)15)18-13(19)8-9-3-2-6-17-9;/h4-5,7,9,17H,2-3,6,8H2,1H3,(H,16,20)(H,18,19);1H. The van der Waals surface area contributed by atoms with E-state index in [0.717, 1.165) is 19.4 Å². The highest BCUT2D eigenvalue weighted by Gasteiger charge is 2.18. The average molecular weight is 332 g/mol. The van der Waals surface area contributed by atoms with Crippen LogP contribution in [0.5, 0.6) is 0 Å². The average Bonchev–Trinajstić information content (AvgIpc) is 2.90. The number of carbonyl (C=O) groups is 2. The molecule has 7 heteroatoms. The lowest BCUT2D eigenvalue weighted by molar-refractivity contribution is -0.116. The minimum absolute atomic E-state index is 0. The van der Waals surface area contributed by atoms with Crippen LogP contribution in [-0.2, 0) is 4.79 Å². The van der Waals surface area contributed by atoms with Gasteiger partial charge in [0.25, 0.3) is 5.91 Å². The van der Waals surface area contributed by atoms with Crippen molar-refractivity contribution in [3.05, 3.63) is 28.8 Å². The fourth-order valence-electron chi connectivity index (χ4n) is 2.28. The second-order valence-corrected chi connectivity index (χ2v) is 5.23. The van der Waals surface area contributed by atoms with Crippen LogP contribution in [0.2, 0.25) is 5.02 Å². The number of hydrogen-bond acceptors (Lipinski definition) is 3. The second kappa shape index (κ2) is 8.22. The molecule has 0 radical (unpaired) electrons. The lowest BCUT2D eigenvalue weighted by Gasteiger charge is -2.11. The van der Waals surface area contributed by atoms with Crippen LogP contribution < -0.4 is 16.0 Å². The van der Waals surface area contributed by atoms with Gasteiger partial charge in [-0.2, -0.15) is 0 Å². The van der Waals surface area contributed by atoms with Gasteiger partial charge in [-0.3, -0.25) is 9.59 Å². The molecule has 1 heterocycles. The van der Waals surface area contributed by atoms with Crippen molar-refractivity contribution in [2.24, 2.45) is 0 Å². The van der Waals surface area contributed by atoms with Gasteiger partial charge in [0.2, 0.25) is 5.91 Å². The Hall–Kier alpha value is -1.30. The molecule has 0 aliphatic carbocycles. The summed E-state index contributed by atoms with van der Waals surface area (Å²) in [5, 5.41) is 8.91. The Morgan fingerprint density at radius 3 is 2.76 bits per heavy atom. The molecule has 116 valence electrons. The molecular weight excluding hydrogens is 313 g/mol. The fourth-order valence-corrected chi connectivity index (χ4v) is 2.54. The number of anilines is 1. The Labute approximate surface area is 135 Å². The van der Waals surface area contributed by atoms with Crippen LogP contribution in [0.3, 0.4) is 0 Å². The van der Waals surface area contributed by atoms with Crippen molar-refractivity contribution >= 4 is 41.5 Å². The molecule has 1 aromatic rings. The molecule has 21 heavy (non-hydrogen) atoms. The first-order valence-electron chi connectivity index (χ1n) is 6.65. The van der Waals surface area contributed by atoms with E-state index in [1.807, 2.05) is 0 Å². The number of rotatable bonds is 4. The van der Waals surface area contributed by atoms with E-state index in [9.17, 15) is 9.59 Å². The minimum Gasteiger partial charge on any atom is -0.355 e. The molecule has 0 aromatic heterocycles. The van der Waals surface area contributed by atoms with Gasteiger partial charge in [0.05, 0.1) is 10.6 Å². The lowest BCUT2D eigenvalue weighted by Crippen LogP contribution is -2.27. The van der Waals surface area contributed by atoms with Crippen LogP contribution >= 0.6 is 24.0 Å². The van der Waals surface area contributed by atoms with Gasteiger partial charge in [0.15, 0.2) is 0 Å². The quantitative estimate of drug-likeness (QED) is 0.792. The molecule has 0 saturated carbocycles. The molecule has 5 nitrogen and oxygen atoms in total. The van der Waals surface area contributed by atoms with E-state index < -0.39 is 0 Å². The Balaban J connectivity index is 0.00000220. The van der Waals surface area contributed by atoms with Gasteiger partial charge in [-0.25, -0.2) is 0 Å². The van der Waals surface area contributed by atoms with Crippen molar-refractivity contribution in [1.29, 1.82) is 0 Å². The maximum absolute atomic E-state index is 11.9. The van der Waals surface area contributed by atoms with Crippen LogP contribution in [0, 0.1) is 0 Å². The topological polar surface area (TPSA) is 70.2 Å². The van der Waals surface area contributed by atoms with Gasteiger partial charge in [0, 0.05) is 25.2 Å². The summed E-state index contributed by atoms with van der Waals surface area (Å²) >= 11 is 6.03. The molecule has 1 fully saturated rings. The van der Waals surface area contributed by atoms with Gasteiger partial charge in [-0.1, -0.05) is 11.6 Å². The van der Waals surface area contributed by atoms with Crippen molar-refractivity contribution in [1.82, 2.24) is 10.6 Å². The monoisotopic (exact) mass is 331 g/mol. The smallest absolute Gasteiger partial charge is 0.252 e. The van der Waals surface area contributed by atoms with Gasteiger partial charge in [-0.05, 0) is 37.6 Å². The third-order valence-corrected chi connectivity index (χ3v) is 3.63. The van der Waals surface area contributed by atoms with E-state index in [0.29, 0.717) is 22.7 Å². The number of carbonyl (C=O) groups excluding carboxylic acids is 2. The molecular formula is C14H19Cl2N3O2. The summed E-state index contributed by atoms with van der Waals surface area (Å²) in [6.07, 6.45) is 2.60. The summed E-state index contributed by atoms with van der Waals surface area (Å²) in [6, 6.07) is 5.13. The second-order valence-electron chi connectivity index (χ2n) is 4.82. The highest BCUT2D eigenvalue weighted by Crippen LogP contribution is 2.21. The summed E-state index contributed by atoms with van der Waals surface area (Å²) in [5.41, 5.74) is 0.996. The Bertz CT molecular complexity index is 517. The third-order valence-electron chi connectivity index (χ3n) is 3.32. The highest BCUT2D eigenvalue weighted by atomic mass is 35.5. The maximum Gasteiger partial charge on any atom is 0.252 e. The minimum atomic E-state index is -0.247. The van der Waals surface area contributed by atoms with Gasteiger partial charge < -0.3 is 16.0 Å². The van der Waals surface area contributed by atoms with Crippen molar-refractivity contribution in [2.45, 2.75) is 25.3 Å². The summed E-state index contributed by atoms with van der Waals surface area (Å²) in [4.78, 5) is 23.4. The molecule has 1 unspecified atom stereocenters. The predicted octanol–water partition coefficient (Wildman–Crippen LogP) is 2.20. The van der Waals surface area contributed by atoms with E-state index in [1.165, 1.54) is 0 Å². The molecule has 0 spiro atoms. The Morgan fingerprint density at radius 2 is 2.19 bits per heavy atom. The molecule has 0 bridgehead atoms. The van der Waals surface area contributed by atoms with Crippen LogP contribution in [0.15, 0.2) is 18.2 Å². The van der Waals surface area contributed by atoms with Crippen LogP contribution in [0.1, 0.15) is 29.6 Å².